The van der Waals surface area contributed by atoms with E-state index in [2.05, 4.69) is 11.6 Å². The molecule has 0 spiro atoms. The van der Waals surface area contributed by atoms with Gasteiger partial charge >= 0.3 is 0 Å². The van der Waals surface area contributed by atoms with Crippen molar-refractivity contribution in [2.75, 3.05) is 7.11 Å². The molecule has 0 amide bonds. The van der Waals surface area contributed by atoms with Crippen LogP contribution in [0.2, 0.25) is 0 Å². The molecular formula is C7H11NO. The van der Waals surface area contributed by atoms with Gasteiger partial charge in [-0.15, -0.1) is 0 Å². The molecule has 50 valence electrons. The van der Waals surface area contributed by atoms with Gasteiger partial charge in [0.1, 0.15) is 5.76 Å². The molecule has 0 radical (unpaired) electrons. The number of allylic oxidation sites excluding steroid dienone is 2. The van der Waals surface area contributed by atoms with Gasteiger partial charge in [0, 0.05) is 6.20 Å². The van der Waals surface area contributed by atoms with Gasteiger partial charge < -0.3 is 4.74 Å². The maximum atomic E-state index is 4.87. The molecule has 0 aliphatic carbocycles. The van der Waals surface area contributed by atoms with Crippen LogP contribution in [0.25, 0.3) is 0 Å². The maximum Gasteiger partial charge on any atom is 0.132 e. The van der Waals surface area contributed by atoms with Crippen molar-refractivity contribution in [1.82, 2.24) is 0 Å². The smallest absolute Gasteiger partial charge is 0.132 e. The number of aliphatic imine (C=N–C) groups is 1. The molecule has 2 heteroatoms. The molecule has 0 aromatic carbocycles. The monoisotopic (exact) mass is 125 g/mol. The fourth-order valence-electron chi connectivity index (χ4n) is 0.371. The van der Waals surface area contributed by atoms with Crippen LogP contribution >= 0.6 is 0 Å². The lowest BCUT2D eigenvalue weighted by Gasteiger charge is -1.94. The number of hydrogen-bond donors (Lipinski definition) is 0. The summed E-state index contributed by atoms with van der Waals surface area (Å²) in [6.45, 7) is 5.30. The second-order valence-corrected chi connectivity index (χ2v) is 1.36. The largest absolute Gasteiger partial charge is 0.495 e. The summed E-state index contributed by atoms with van der Waals surface area (Å²) in [5.41, 5.74) is 0. The van der Waals surface area contributed by atoms with Crippen molar-refractivity contribution in [3.63, 3.8) is 0 Å². The van der Waals surface area contributed by atoms with Crippen LogP contribution in [0.4, 0.5) is 0 Å². The Morgan fingerprint density at radius 1 is 1.67 bits per heavy atom. The van der Waals surface area contributed by atoms with Crippen LogP contribution in [-0.4, -0.2) is 13.3 Å². The number of ether oxygens (including phenoxy) is 1. The second-order valence-electron chi connectivity index (χ2n) is 1.36. The highest BCUT2D eigenvalue weighted by atomic mass is 16.5. The summed E-state index contributed by atoms with van der Waals surface area (Å²) < 4.78 is 4.87. The molecule has 9 heavy (non-hydrogen) atoms. The van der Waals surface area contributed by atoms with Crippen molar-refractivity contribution in [3.8, 4) is 0 Å². The van der Waals surface area contributed by atoms with Gasteiger partial charge in [-0.05, 0) is 13.0 Å². The van der Waals surface area contributed by atoms with E-state index in [9.17, 15) is 0 Å². The van der Waals surface area contributed by atoms with Gasteiger partial charge in [-0.3, -0.25) is 4.99 Å². The second kappa shape index (κ2) is 5.09. The Hall–Kier alpha value is -1.05. The van der Waals surface area contributed by atoms with Crippen molar-refractivity contribution in [2.24, 2.45) is 4.99 Å². The Labute approximate surface area is 55.6 Å². The van der Waals surface area contributed by atoms with Gasteiger partial charge in [0.25, 0.3) is 0 Å². The van der Waals surface area contributed by atoms with Crippen LogP contribution in [0, 0.1) is 0 Å². The Bertz CT molecular complexity index is 136. The predicted molar refractivity (Wildman–Crippen MR) is 39.5 cm³/mol. The quantitative estimate of drug-likeness (QED) is 0.416. The molecule has 0 saturated carbocycles. The van der Waals surface area contributed by atoms with E-state index >= 15 is 0 Å². The molecular weight excluding hydrogens is 114 g/mol. The number of hydrogen-bond acceptors (Lipinski definition) is 2. The Morgan fingerprint density at radius 3 is 2.67 bits per heavy atom. The normalized spacial score (nSPS) is 12.0. The van der Waals surface area contributed by atoms with Gasteiger partial charge in [-0.1, -0.05) is 6.58 Å². The number of nitrogens with zero attached hydrogens (tertiary/aromatic N) is 1. The van der Waals surface area contributed by atoms with Crippen LogP contribution in [-0.2, 0) is 4.74 Å². The first-order valence-electron chi connectivity index (χ1n) is 2.69. The van der Waals surface area contributed by atoms with E-state index in [1.54, 1.807) is 13.3 Å². The van der Waals surface area contributed by atoms with Crippen molar-refractivity contribution in [2.45, 2.75) is 6.92 Å². The Morgan fingerprint density at radius 2 is 2.33 bits per heavy atom. The van der Waals surface area contributed by atoms with Crippen LogP contribution < -0.4 is 0 Å². The van der Waals surface area contributed by atoms with Crippen LogP contribution in [0.5, 0.6) is 0 Å². The first-order valence-corrected chi connectivity index (χ1v) is 2.69. The van der Waals surface area contributed by atoms with Gasteiger partial charge in [0.05, 0.1) is 13.3 Å². The molecule has 0 atom stereocenters. The third-order valence-corrected chi connectivity index (χ3v) is 0.827. The Kier molecular flexibility index (Phi) is 4.50. The summed E-state index contributed by atoms with van der Waals surface area (Å²) >= 11 is 0. The van der Waals surface area contributed by atoms with Crippen molar-refractivity contribution in [3.05, 3.63) is 24.6 Å². The van der Waals surface area contributed by atoms with E-state index in [0.717, 1.165) is 5.76 Å². The van der Waals surface area contributed by atoms with E-state index in [4.69, 9.17) is 4.74 Å². The Balaban J connectivity index is 3.84. The van der Waals surface area contributed by atoms with Gasteiger partial charge in [-0.25, -0.2) is 0 Å². The summed E-state index contributed by atoms with van der Waals surface area (Å²) in [5, 5.41) is 0. The summed E-state index contributed by atoms with van der Waals surface area (Å²) in [6.07, 6.45) is 4.89. The minimum Gasteiger partial charge on any atom is -0.495 e. The first kappa shape index (κ1) is 7.95. The van der Waals surface area contributed by atoms with Gasteiger partial charge in [-0.2, -0.15) is 0 Å². The molecule has 0 aliphatic rings. The molecule has 2 nitrogen and oxygen atoms in total. The third kappa shape index (κ3) is 3.53. The van der Waals surface area contributed by atoms with Gasteiger partial charge in [0.2, 0.25) is 0 Å². The van der Waals surface area contributed by atoms with Gasteiger partial charge in [0.15, 0.2) is 0 Å². The lowest BCUT2D eigenvalue weighted by Crippen LogP contribution is -1.85. The van der Waals surface area contributed by atoms with E-state index in [0.29, 0.717) is 0 Å². The number of rotatable bonds is 3. The minimum atomic E-state index is 0.745. The van der Waals surface area contributed by atoms with Crippen molar-refractivity contribution >= 4 is 6.21 Å². The fourth-order valence-corrected chi connectivity index (χ4v) is 0.371. The third-order valence-electron chi connectivity index (χ3n) is 0.827. The molecule has 0 fully saturated rings. The average Bonchev–Trinajstić information content (AvgIpc) is 1.91. The van der Waals surface area contributed by atoms with Crippen LogP contribution in [0.1, 0.15) is 6.92 Å². The summed E-state index contributed by atoms with van der Waals surface area (Å²) in [4.78, 5) is 3.76. The van der Waals surface area contributed by atoms with Crippen molar-refractivity contribution < 1.29 is 4.74 Å². The molecule has 0 bridgehead atoms. The SMILES string of the molecule is C=CN=C/C(=C\C)OC. The predicted octanol–water partition coefficient (Wildman–Crippen LogP) is 1.75. The summed E-state index contributed by atoms with van der Waals surface area (Å²) in [6, 6.07) is 0. The molecule has 0 aromatic heterocycles. The zero-order chi connectivity index (χ0) is 7.11. The maximum absolute atomic E-state index is 4.87. The highest BCUT2D eigenvalue weighted by Gasteiger charge is 1.81. The van der Waals surface area contributed by atoms with Crippen LogP contribution in [0.15, 0.2) is 29.6 Å². The number of methoxy groups -OCH3 is 1. The molecule has 0 aliphatic heterocycles. The molecule has 0 unspecified atom stereocenters. The summed E-state index contributed by atoms with van der Waals surface area (Å²) in [7, 11) is 1.60. The lowest BCUT2D eigenvalue weighted by molar-refractivity contribution is 0.316. The van der Waals surface area contributed by atoms with Crippen LogP contribution in [0.3, 0.4) is 0 Å². The van der Waals surface area contributed by atoms with Crippen molar-refractivity contribution in [1.29, 1.82) is 0 Å². The molecule has 0 saturated heterocycles. The summed E-state index contributed by atoms with van der Waals surface area (Å²) in [5.74, 6) is 0.745. The topological polar surface area (TPSA) is 21.6 Å². The van der Waals surface area contributed by atoms with E-state index in [1.807, 2.05) is 13.0 Å². The molecule has 0 N–H and O–H groups in total. The van der Waals surface area contributed by atoms with E-state index < -0.39 is 0 Å². The first-order chi connectivity index (χ1) is 4.35. The molecule has 0 heterocycles. The lowest BCUT2D eigenvalue weighted by atomic mass is 10.5. The highest BCUT2D eigenvalue weighted by Crippen LogP contribution is 1.88. The standard InChI is InChI=1S/C7H11NO/c1-4-7(9-3)6-8-5-2/h4-6H,2H2,1,3H3/b7-4+,8-6?. The molecule has 0 rings (SSSR count). The average molecular weight is 125 g/mol. The minimum absolute atomic E-state index is 0.745. The highest BCUT2D eigenvalue weighted by molar-refractivity contribution is 5.76. The van der Waals surface area contributed by atoms with E-state index in [1.165, 1.54) is 6.20 Å². The zero-order valence-corrected chi connectivity index (χ0v) is 5.79. The fraction of sp³-hybridized carbons (Fsp3) is 0.286. The zero-order valence-electron chi connectivity index (χ0n) is 5.79. The van der Waals surface area contributed by atoms with E-state index in [-0.39, 0.29) is 0 Å². The molecule has 0 aromatic rings.